The van der Waals surface area contributed by atoms with Crippen LogP contribution in [0.15, 0.2) is 84.1 Å². The van der Waals surface area contributed by atoms with Gasteiger partial charge in [0, 0.05) is 0 Å². The molecular formula is C29H29ClN4O4S2. The van der Waals surface area contributed by atoms with Gasteiger partial charge in [-0.2, -0.15) is 0 Å². The first-order valence-corrected chi connectivity index (χ1v) is 13.8. The zero-order valence-electron chi connectivity index (χ0n) is 21.2. The molecule has 0 radical (unpaired) electrons. The molecule has 4 heterocycles. The minimum absolute atomic E-state index is 0. The minimum Gasteiger partial charge on any atom is -0.497 e. The molecule has 0 spiro atoms. The van der Waals surface area contributed by atoms with Gasteiger partial charge in [0.25, 0.3) is 0 Å². The third-order valence-electron chi connectivity index (χ3n) is 5.29. The first-order chi connectivity index (χ1) is 19.1. The Morgan fingerprint density at radius 3 is 1.77 bits per heavy atom. The topological polar surface area (TPSA) is 99.5 Å². The van der Waals surface area contributed by atoms with Gasteiger partial charge in [0.15, 0.2) is 0 Å². The number of ether oxygens (including phenoxy) is 3. The molecule has 0 saturated heterocycles. The second-order valence-corrected chi connectivity index (χ2v) is 9.95. The van der Waals surface area contributed by atoms with E-state index in [9.17, 15) is 0 Å². The zero-order chi connectivity index (χ0) is 27.5. The molecule has 4 aromatic heterocycles. The second-order valence-electron chi connectivity index (χ2n) is 7.76. The van der Waals surface area contributed by atoms with Crippen molar-refractivity contribution in [3.8, 4) is 17.4 Å². The number of thiophene rings is 2. The van der Waals surface area contributed by atoms with E-state index in [4.69, 9.17) is 30.9 Å². The summed E-state index contributed by atoms with van der Waals surface area (Å²) < 4.78 is 17.8. The second kappa shape index (κ2) is 15.7. The Balaban J connectivity index is 0.000000178. The maximum absolute atomic E-state index is 8.66. The molecule has 0 aliphatic heterocycles. The van der Waals surface area contributed by atoms with Crippen LogP contribution in [0.2, 0.25) is 5.15 Å². The lowest BCUT2D eigenvalue weighted by molar-refractivity contribution is 0.281. The van der Waals surface area contributed by atoms with Crippen LogP contribution in [-0.4, -0.2) is 39.3 Å². The number of hydrogen-bond acceptors (Lipinski definition) is 10. The quantitative estimate of drug-likeness (QED) is 0.198. The van der Waals surface area contributed by atoms with Gasteiger partial charge in [0.05, 0.1) is 36.6 Å². The summed E-state index contributed by atoms with van der Waals surface area (Å²) in [7, 11) is 3.27. The zero-order valence-corrected chi connectivity index (χ0v) is 23.5. The van der Waals surface area contributed by atoms with Gasteiger partial charge in [-0.15, -0.1) is 22.7 Å². The lowest BCUT2D eigenvalue weighted by Gasteiger charge is -2.06. The fourth-order valence-corrected chi connectivity index (χ4v) is 5.02. The Hall–Kier alpha value is -3.83. The summed E-state index contributed by atoms with van der Waals surface area (Å²) in [6.45, 7) is 0.567. The summed E-state index contributed by atoms with van der Waals surface area (Å²) in [5, 5.41) is 13.1. The maximum Gasteiger partial charge on any atom is 0.235 e. The first kappa shape index (κ1) is 30.7. The number of aliphatic hydroxyl groups excluding tert-OH is 1. The van der Waals surface area contributed by atoms with Gasteiger partial charge in [0.1, 0.15) is 40.6 Å². The SMILES string of the molecule is C.COc1ccc(CO)cc1.COc1ccc(COc2ncnc3ccsc23)cc1.Clc1ncnc2ccsc12. The van der Waals surface area contributed by atoms with Crippen LogP contribution in [-0.2, 0) is 13.2 Å². The van der Waals surface area contributed by atoms with Gasteiger partial charge >= 0.3 is 0 Å². The van der Waals surface area contributed by atoms with E-state index in [0.717, 1.165) is 43.1 Å². The van der Waals surface area contributed by atoms with Gasteiger partial charge in [-0.1, -0.05) is 43.3 Å². The number of nitrogens with zero attached hydrogens (tertiary/aromatic N) is 4. The van der Waals surface area contributed by atoms with Crippen molar-refractivity contribution in [2.24, 2.45) is 0 Å². The Bertz CT molecular complexity index is 1570. The van der Waals surface area contributed by atoms with Crippen LogP contribution >= 0.6 is 34.3 Å². The molecule has 208 valence electrons. The summed E-state index contributed by atoms with van der Waals surface area (Å²) in [5.41, 5.74) is 3.82. The van der Waals surface area contributed by atoms with Gasteiger partial charge in [-0.05, 0) is 58.3 Å². The predicted molar refractivity (Wildman–Crippen MR) is 163 cm³/mol. The van der Waals surface area contributed by atoms with Crippen LogP contribution in [0.3, 0.4) is 0 Å². The molecule has 0 bridgehead atoms. The van der Waals surface area contributed by atoms with E-state index in [1.807, 2.05) is 71.4 Å². The fraction of sp³-hybridized carbons (Fsp3) is 0.172. The molecule has 0 saturated carbocycles. The average Bonchev–Trinajstić information content (AvgIpc) is 3.68. The molecule has 1 N–H and O–H groups in total. The van der Waals surface area contributed by atoms with E-state index in [1.54, 1.807) is 36.9 Å². The molecule has 0 fully saturated rings. The third-order valence-corrected chi connectivity index (χ3v) is 7.49. The van der Waals surface area contributed by atoms with Crippen molar-refractivity contribution < 1.29 is 19.3 Å². The highest BCUT2D eigenvalue weighted by Gasteiger charge is 2.06. The number of aromatic nitrogens is 4. The molecule has 6 aromatic rings. The number of benzene rings is 2. The number of methoxy groups -OCH3 is 2. The van der Waals surface area contributed by atoms with Crippen molar-refractivity contribution in [3.05, 3.63) is 100 Å². The highest BCUT2D eigenvalue weighted by molar-refractivity contribution is 7.18. The summed E-state index contributed by atoms with van der Waals surface area (Å²) in [6, 6.07) is 19.0. The van der Waals surface area contributed by atoms with E-state index < -0.39 is 0 Å². The standard InChI is InChI=1S/C14H12N2O2S.C8H10O2.C6H3ClN2S.CH4/c1-17-11-4-2-10(3-5-11)8-18-14-13-12(6-7-19-13)15-9-16-14;1-10-8-4-2-7(6-9)3-5-8;7-6-5-4(1-2-10-5)8-3-9-6;/h2-7,9H,8H2,1H3;2-5,9H,6H2,1H3;1-3H;1H4. The van der Waals surface area contributed by atoms with Crippen molar-refractivity contribution in [1.82, 2.24) is 19.9 Å². The van der Waals surface area contributed by atoms with Crippen LogP contribution in [0.25, 0.3) is 20.4 Å². The predicted octanol–water partition coefficient (Wildman–Crippen LogP) is 7.45. The summed E-state index contributed by atoms with van der Waals surface area (Å²) in [4.78, 5) is 16.2. The minimum atomic E-state index is 0. The number of fused-ring (bicyclic) bond motifs is 2. The molecule has 0 aliphatic carbocycles. The molecular weight excluding hydrogens is 568 g/mol. The van der Waals surface area contributed by atoms with Crippen molar-refractivity contribution in [2.45, 2.75) is 20.6 Å². The maximum atomic E-state index is 8.66. The van der Waals surface area contributed by atoms with E-state index >= 15 is 0 Å². The van der Waals surface area contributed by atoms with E-state index in [2.05, 4.69) is 19.9 Å². The molecule has 40 heavy (non-hydrogen) atoms. The smallest absolute Gasteiger partial charge is 0.235 e. The van der Waals surface area contributed by atoms with Crippen LogP contribution < -0.4 is 14.2 Å². The first-order valence-electron chi connectivity index (χ1n) is 11.6. The van der Waals surface area contributed by atoms with Gasteiger partial charge in [-0.3, -0.25) is 0 Å². The summed E-state index contributed by atoms with van der Waals surface area (Å²) in [5.74, 6) is 2.29. The normalized spacial score (nSPS) is 10.0. The monoisotopic (exact) mass is 596 g/mol. The summed E-state index contributed by atoms with van der Waals surface area (Å²) in [6.07, 6.45) is 3.00. The van der Waals surface area contributed by atoms with Gasteiger partial charge in [0.2, 0.25) is 5.88 Å². The summed E-state index contributed by atoms with van der Waals surface area (Å²) >= 11 is 8.90. The average molecular weight is 597 g/mol. The largest absolute Gasteiger partial charge is 0.497 e. The van der Waals surface area contributed by atoms with E-state index in [-0.39, 0.29) is 14.0 Å². The Morgan fingerprint density at radius 2 is 1.23 bits per heavy atom. The number of aliphatic hydroxyl groups is 1. The Labute approximate surface area is 245 Å². The molecule has 2 aromatic carbocycles. The van der Waals surface area contributed by atoms with Crippen LogP contribution in [0.1, 0.15) is 18.6 Å². The lowest BCUT2D eigenvalue weighted by Crippen LogP contribution is -1.97. The van der Waals surface area contributed by atoms with Crippen LogP contribution in [0, 0.1) is 0 Å². The van der Waals surface area contributed by atoms with E-state index in [1.165, 1.54) is 12.7 Å². The van der Waals surface area contributed by atoms with Crippen LogP contribution in [0.5, 0.6) is 17.4 Å². The molecule has 0 aliphatic rings. The number of halogens is 1. The molecule has 11 heteroatoms. The van der Waals surface area contributed by atoms with Crippen LogP contribution in [0.4, 0.5) is 0 Å². The number of rotatable bonds is 6. The van der Waals surface area contributed by atoms with Gasteiger partial charge < -0.3 is 19.3 Å². The lowest BCUT2D eigenvalue weighted by atomic mass is 10.2. The van der Waals surface area contributed by atoms with Gasteiger partial charge in [-0.25, -0.2) is 19.9 Å². The van der Waals surface area contributed by atoms with Crippen molar-refractivity contribution in [3.63, 3.8) is 0 Å². The fourth-order valence-electron chi connectivity index (χ4n) is 3.23. The molecule has 0 amide bonds. The van der Waals surface area contributed by atoms with Crippen molar-refractivity contribution in [2.75, 3.05) is 14.2 Å². The molecule has 0 unspecified atom stereocenters. The molecule has 0 atom stereocenters. The Kier molecular flexibility index (Phi) is 12.0. The number of hydrogen-bond donors (Lipinski definition) is 1. The Morgan fingerprint density at radius 1 is 0.700 bits per heavy atom. The highest BCUT2D eigenvalue weighted by atomic mass is 35.5. The third kappa shape index (κ3) is 8.33. The highest BCUT2D eigenvalue weighted by Crippen LogP contribution is 2.27. The molecule has 8 nitrogen and oxygen atoms in total. The van der Waals surface area contributed by atoms with Crippen molar-refractivity contribution >= 4 is 54.7 Å². The molecule has 6 rings (SSSR count). The van der Waals surface area contributed by atoms with Crippen molar-refractivity contribution in [1.29, 1.82) is 0 Å². The van der Waals surface area contributed by atoms with E-state index in [0.29, 0.717) is 17.6 Å².